The van der Waals surface area contributed by atoms with Crippen LogP contribution in [0, 0.1) is 10.1 Å². The lowest BCUT2D eigenvalue weighted by molar-refractivity contribution is -0.385. The first-order valence-corrected chi connectivity index (χ1v) is 6.99. The number of thioether (sulfide) groups is 1. The molecule has 0 bridgehead atoms. The van der Waals surface area contributed by atoms with Crippen LogP contribution in [0.4, 0.5) is 5.69 Å². The van der Waals surface area contributed by atoms with Gasteiger partial charge >= 0.3 is 5.69 Å². The van der Waals surface area contributed by atoms with Gasteiger partial charge < -0.3 is 10.4 Å². The van der Waals surface area contributed by atoms with Crippen LogP contribution >= 0.6 is 11.8 Å². The first-order chi connectivity index (χ1) is 8.52. The van der Waals surface area contributed by atoms with Gasteiger partial charge in [0, 0.05) is 18.3 Å². The van der Waals surface area contributed by atoms with E-state index in [0.717, 1.165) is 5.75 Å². The molecule has 2 atom stereocenters. The SMILES string of the molecule is CSCC(C)NCC(O)Cn1cc([N+](=O)[O-])cn1. The number of hydrogen-bond acceptors (Lipinski definition) is 6. The van der Waals surface area contributed by atoms with E-state index in [9.17, 15) is 15.2 Å². The predicted molar refractivity (Wildman–Crippen MR) is 70.7 cm³/mol. The topological polar surface area (TPSA) is 93.2 Å². The molecule has 0 aliphatic heterocycles. The number of rotatable bonds is 8. The molecule has 0 aromatic carbocycles. The number of aliphatic hydroxyl groups excluding tert-OH is 1. The van der Waals surface area contributed by atoms with Gasteiger partial charge in [-0.1, -0.05) is 0 Å². The summed E-state index contributed by atoms with van der Waals surface area (Å²) in [6.07, 6.45) is 3.90. The zero-order valence-electron chi connectivity index (χ0n) is 10.4. The number of nitro groups is 1. The molecule has 7 nitrogen and oxygen atoms in total. The quantitative estimate of drug-likeness (QED) is 0.529. The highest BCUT2D eigenvalue weighted by Crippen LogP contribution is 2.08. The third-order valence-corrected chi connectivity index (χ3v) is 3.18. The molecule has 0 fully saturated rings. The van der Waals surface area contributed by atoms with E-state index in [1.807, 2.05) is 13.2 Å². The summed E-state index contributed by atoms with van der Waals surface area (Å²) in [5, 5.41) is 27.2. The summed E-state index contributed by atoms with van der Waals surface area (Å²) < 4.78 is 1.38. The van der Waals surface area contributed by atoms with E-state index in [2.05, 4.69) is 10.4 Å². The number of nitrogens with zero attached hydrogens (tertiary/aromatic N) is 3. The Morgan fingerprint density at radius 2 is 2.44 bits per heavy atom. The van der Waals surface area contributed by atoms with Crippen molar-refractivity contribution in [1.82, 2.24) is 15.1 Å². The molecule has 0 saturated heterocycles. The Hall–Kier alpha value is -1.12. The molecule has 0 saturated carbocycles. The highest BCUT2D eigenvalue weighted by molar-refractivity contribution is 7.98. The van der Waals surface area contributed by atoms with Crippen molar-refractivity contribution in [1.29, 1.82) is 0 Å². The smallest absolute Gasteiger partial charge is 0.306 e. The molecule has 2 N–H and O–H groups in total. The zero-order valence-corrected chi connectivity index (χ0v) is 11.3. The van der Waals surface area contributed by atoms with E-state index in [1.54, 1.807) is 11.8 Å². The summed E-state index contributed by atoms with van der Waals surface area (Å²) in [4.78, 5) is 9.96. The molecule has 18 heavy (non-hydrogen) atoms. The van der Waals surface area contributed by atoms with Crippen LogP contribution in [0.3, 0.4) is 0 Å². The molecule has 102 valence electrons. The van der Waals surface area contributed by atoms with E-state index >= 15 is 0 Å². The number of aromatic nitrogens is 2. The zero-order chi connectivity index (χ0) is 13.5. The van der Waals surface area contributed by atoms with Gasteiger partial charge in [0.1, 0.15) is 12.4 Å². The van der Waals surface area contributed by atoms with Crippen molar-refractivity contribution < 1.29 is 10.0 Å². The van der Waals surface area contributed by atoms with E-state index in [4.69, 9.17) is 0 Å². The molecule has 8 heteroatoms. The second-order valence-electron chi connectivity index (χ2n) is 4.10. The molecule has 0 radical (unpaired) electrons. The minimum Gasteiger partial charge on any atom is -0.390 e. The highest BCUT2D eigenvalue weighted by Gasteiger charge is 2.12. The van der Waals surface area contributed by atoms with Gasteiger partial charge in [-0.25, -0.2) is 0 Å². The molecular weight excluding hydrogens is 256 g/mol. The van der Waals surface area contributed by atoms with Gasteiger partial charge in [0.25, 0.3) is 0 Å². The monoisotopic (exact) mass is 274 g/mol. The Morgan fingerprint density at radius 3 is 3.00 bits per heavy atom. The predicted octanol–water partition coefficient (Wildman–Crippen LogP) is 0.493. The Labute approximate surface area is 110 Å². The van der Waals surface area contributed by atoms with E-state index in [-0.39, 0.29) is 12.2 Å². The van der Waals surface area contributed by atoms with Gasteiger partial charge in [-0.15, -0.1) is 0 Å². The lowest BCUT2D eigenvalue weighted by Gasteiger charge is -2.16. The van der Waals surface area contributed by atoms with Gasteiger partial charge in [0.2, 0.25) is 0 Å². The van der Waals surface area contributed by atoms with Gasteiger partial charge in [-0.2, -0.15) is 16.9 Å². The minimum atomic E-state index is -0.617. The fourth-order valence-corrected chi connectivity index (χ4v) is 2.09. The summed E-state index contributed by atoms with van der Waals surface area (Å²) in [5.74, 6) is 0.972. The van der Waals surface area contributed by atoms with E-state index in [1.165, 1.54) is 17.1 Å². The third kappa shape index (κ3) is 5.03. The molecule has 0 spiro atoms. The van der Waals surface area contributed by atoms with Gasteiger partial charge in [0.05, 0.1) is 17.6 Å². The van der Waals surface area contributed by atoms with Crippen LogP contribution in [-0.2, 0) is 6.54 Å². The molecule has 1 aromatic rings. The van der Waals surface area contributed by atoms with Crippen molar-refractivity contribution in [2.24, 2.45) is 0 Å². The second kappa shape index (κ2) is 7.34. The van der Waals surface area contributed by atoms with Crippen molar-refractivity contribution in [3.05, 3.63) is 22.5 Å². The van der Waals surface area contributed by atoms with E-state index < -0.39 is 11.0 Å². The van der Waals surface area contributed by atoms with Gasteiger partial charge in [-0.05, 0) is 13.2 Å². The fraction of sp³-hybridized carbons (Fsp3) is 0.700. The summed E-state index contributed by atoms with van der Waals surface area (Å²) in [7, 11) is 0. The Bertz CT molecular complexity index is 385. The molecule has 0 aliphatic carbocycles. The normalized spacial score (nSPS) is 14.4. The lowest BCUT2D eigenvalue weighted by Crippen LogP contribution is -2.37. The van der Waals surface area contributed by atoms with Crippen molar-refractivity contribution in [3.8, 4) is 0 Å². The average molecular weight is 274 g/mol. The molecule has 1 rings (SSSR count). The van der Waals surface area contributed by atoms with Gasteiger partial charge in [0.15, 0.2) is 0 Å². The average Bonchev–Trinajstić information content (AvgIpc) is 2.75. The number of nitrogens with one attached hydrogen (secondary N) is 1. The van der Waals surface area contributed by atoms with Crippen LogP contribution in [0.1, 0.15) is 6.92 Å². The van der Waals surface area contributed by atoms with Crippen molar-refractivity contribution >= 4 is 17.4 Å². The standard InChI is InChI=1S/C10H18N4O3S/c1-8(7-18-2)11-4-10(15)6-13-5-9(3-12-13)14(16)17/h3,5,8,10-11,15H,4,6-7H2,1-2H3. The Balaban J connectivity index is 2.34. The summed E-state index contributed by atoms with van der Waals surface area (Å²) in [5.41, 5.74) is -0.0640. The maximum atomic E-state index is 10.5. The molecule has 0 aliphatic rings. The molecular formula is C10H18N4O3S. The lowest BCUT2D eigenvalue weighted by atomic mass is 10.3. The first-order valence-electron chi connectivity index (χ1n) is 5.60. The Morgan fingerprint density at radius 1 is 1.72 bits per heavy atom. The van der Waals surface area contributed by atoms with Crippen LogP contribution < -0.4 is 5.32 Å². The van der Waals surface area contributed by atoms with E-state index in [0.29, 0.717) is 12.6 Å². The van der Waals surface area contributed by atoms with Crippen molar-refractivity contribution in [2.75, 3.05) is 18.6 Å². The van der Waals surface area contributed by atoms with Crippen LogP contribution in [0.25, 0.3) is 0 Å². The van der Waals surface area contributed by atoms with Crippen molar-refractivity contribution in [3.63, 3.8) is 0 Å². The minimum absolute atomic E-state index is 0.0640. The van der Waals surface area contributed by atoms with Crippen LogP contribution in [-0.4, -0.2) is 50.5 Å². The second-order valence-corrected chi connectivity index (χ2v) is 5.01. The largest absolute Gasteiger partial charge is 0.390 e. The highest BCUT2D eigenvalue weighted by atomic mass is 32.2. The van der Waals surface area contributed by atoms with Crippen LogP contribution in [0.15, 0.2) is 12.4 Å². The summed E-state index contributed by atoms with van der Waals surface area (Å²) >= 11 is 1.74. The first kappa shape index (κ1) is 14.9. The van der Waals surface area contributed by atoms with Gasteiger partial charge in [-0.3, -0.25) is 14.8 Å². The molecule has 2 unspecified atom stereocenters. The third-order valence-electron chi connectivity index (χ3n) is 2.35. The molecule has 1 heterocycles. The number of hydrogen-bond donors (Lipinski definition) is 2. The molecule has 0 amide bonds. The molecule has 1 aromatic heterocycles. The number of aliphatic hydroxyl groups is 1. The Kier molecular flexibility index (Phi) is 6.10. The summed E-state index contributed by atoms with van der Waals surface area (Å²) in [6, 6.07) is 0.321. The van der Waals surface area contributed by atoms with Crippen LogP contribution in [0.5, 0.6) is 0 Å². The maximum Gasteiger partial charge on any atom is 0.306 e. The van der Waals surface area contributed by atoms with Crippen LogP contribution in [0.2, 0.25) is 0 Å². The maximum absolute atomic E-state index is 10.5. The fourth-order valence-electron chi connectivity index (χ4n) is 1.47. The van der Waals surface area contributed by atoms with Crippen molar-refractivity contribution in [2.45, 2.75) is 25.6 Å². The summed E-state index contributed by atoms with van der Waals surface area (Å²) in [6.45, 7) is 2.73.